The molecule has 32 heavy (non-hydrogen) atoms. The number of hydrogen-bond acceptors (Lipinski definition) is 4. The number of carbonyl (C=O) groups is 1. The molecule has 8 heteroatoms. The van der Waals surface area contributed by atoms with Crippen LogP contribution in [0.1, 0.15) is 35.4 Å². The summed E-state index contributed by atoms with van der Waals surface area (Å²) in [5.74, 6) is -0.274. The van der Waals surface area contributed by atoms with Crippen LogP contribution in [-0.2, 0) is 21.4 Å². The number of benzene rings is 2. The van der Waals surface area contributed by atoms with Crippen LogP contribution in [0.15, 0.2) is 59.5 Å². The van der Waals surface area contributed by atoms with Crippen LogP contribution in [0.5, 0.6) is 0 Å². The number of sulfonamides is 1. The smallest absolute Gasteiger partial charge is 0.243 e. The van der Waals surface area contributed by atoms with Gasteiger partial charge in [-0.1, -0.05) is 35.9 Å². The Labute approximate surface area is 189 Å². The van der Waals surface area contributed by atoms with E-state index in [2.05, 4.69) is 10.4 Å². The Morgan fingerprint density at radius 1 is 1.06 bits per heavy atom. The summed E-state index contributed by atoms with van der Waals surface area (Å²) in [7, 11) is -3.72. The van der Waals surface area contributed by atoms with Gasteiger partial charge in [0.2, 0.25) is 15.9 Å². The van der Waals surface area contributed by atoms with Crippen LogP contribution in [0, 0.1) is 20.8 Å². The van der Waals surface area contributed by atoms with Crippen molar-refractivity contribution in [3.63, 3.8) is 0 Å². The highest BCUT2D eigenvalue weighted by Crippen LogP contribution is 2.27. The monoisotopic (exact) mass is 452 g/mol. The van der Waals surface area contributed by atoms with E-state index < -0.39 is 16.1 Å². The van der Waals surface area contributed by atoms with Gasteiger partial charge in [-0.3, -0.25) is 4.79 Å². The summed E-state index contributed by atoms with van der Waals surface area (Å²) in [5, 5.41) is 7.57. The molecule has 3 aromatic rings. The molecule has 1 fully saturated rings. The third kappa shape index (κ3) is 4.20. The second kappa shape index (κ2) is 8.88. The zero-order chi connectivity index (χ0) is 22.9. The minimum atomic E-state index is -3.72. The quantitative estimate of drug-likeness (QED) is 0.622. The number of amides is 1. The third-order valence-corrected chi connectivity index (χ3v) is 7.94. The summed E-state index contributed by atoms with van der Waals surface area (Å²) in [6.45, 7) is 6.44. The molecule has 0 radical (unpaired) electrons. The maximum absolute atomic E-state index is 13.1. The van der Waals surface area contributed by atoms with Crippen molar-refractivity contribution in [1.82, 2.24) is 19.4 Å². The van der Waals surface area contributed by atoms with E-state index in [0.717, 1.165) is 28.2 Å². The van der Waals surface area contributed by atoms with Crippen molar-refractivity contribution in [1.29, 1.82) is 0 Å². The summed E-state index contributed by atoms with van der Waals surface area (Å²) in [6.07, 6.45) is 1.17. The normalized spacial score (nSPS) is 16.9. The fourth-order valence-electron chi connectivity index (χ4n) is 4.18. The molecule has 0 saturated carbocycles. The first-order valence-corrected chi connectivity index (χ1v) is 12.2. The van der Waals surface area contributed by atoms with Crippen LogP contribution in [0.25, 0.3) is 5.69 Å². The largest absolute Gasteiger partial charge is 0.350 e. The minimum Gasteiger partial charge on any atom is -0.350 e. The molecule has 1 amide bonds. The van der Waals surface area contributed by atoms with Gasteiger partial charge < -0.3 is 5.32 Å². The predicted molar refractivity (Wildman–Crippen MR) is 123 cm³/mol. The van der Waals surface area contributed by atoms with Crippen molar-refractivity contribution in [2.75, 3.05) is 6.54 Å². The van der Waals surface area contributed by atoms with Gasteiger partial charge in [-0.05, 0) is 57.9 Å². The Kier molecular flexibility index (Phi) is 6.17. The lowest BCUT2D eigenvalue weighted by Crippen LogP contribution is -2.45. The molecule has 4 rings (SSSR count). The molecule has 0 spiro atoms. The fourth-order valence-corrected chi connectivity index (χ4v) is 5.84. The van der Waals surface area contributed by atoms with Crippen molar-refractivity contribution < 1.29 is 13.2 Å². The topological polar surface area (TPSA) is 84.3 Å². The molecular formula is C24H28N4O3S. The maximum Gasteiger partial charge on any atom is 0.243 e. The Hall–Kier alpha value is -2.97. The number of aryl methyl sites for hydroxylation is 2. The van der Waals surface area contributed by atoms with Gasteiger partial charge in [0.15, 0.2) is 0 Å². The molecule has 1 N–H and O–H groups in total. The first-order chi connectivity index (χ1) is 15.3. The van der Waals surface area contributed by atoms with Gasteiger partial charge >= 0.3 is 0 Å². The first kappa shape index (κ1) is 22.2. The zero-order valence-electron chi connectivity index (χ0n) is 18.6. The summed E-state index contributed by atoms with van der Waals surface area (Å²) in [5.41, 5.74) is 4.66. The number of hydrogen-bond donors (Lipinski definition) is 1. The Bertz CT molecular complexity index is 1220. The van der Waals surface area contributed by atoms with E-state index in [1.54, 1.807) is 24.3 Å². The molecule has 0 unspecified atom stereocenters. The Morgan fingerprint density at radius 3 is 2.44 bits per heavy atom. The van der Waals surface area contributed by atoms with E-state index >= 15 is 0 Å². The Morgan fingerprint density at radius 2 is 1.75 bits per heavy atom. The van der Waals surface area contributed by atoms with Crippen molar-refractivity contribution in [2.45, 2.75) is 51.1 Å². The SMILES string of the molecule is Cc1ccc(S(=O)(=O)N2CCC[C@@H]2C(=O)NCc2c(C)nn(-c3ccccc3)c2C)cc1. The number of nitrogens with zero attached hydrogens (tertiary/aromatic N) is 3. The second-order valence-electron chi connectivity index (χ2n) is 8.20. The molecule has 0 bridgehead atoms. The van der Waals surface area contributed by atoms with Crippen LogP contribution in [0.4, 0.5) is 0 Å². The van der Waals surface area contributed by atoms with Crippen LogP contribution in [0.3, 0.4) is 0 Å². The number of carbonyl (C=O) groups excluding carboxylic acids is 1. The van der Waals surface area contributed by atoms with Crippen LogP contribution in [-0.4, -0.2) is 41.0 Å². The van der Waals surface area contributed by atoms with Gasteiger partial charge in [-0.2, -0.15) is 9.40 Å². The average Bonchev–Trinajstić information content (AvgIpc) is 3.39. The van der Waals surface area contributed by atoms with E-state index in [9.17, 15) is 13.2 Å². The van der Waals surface area contributed by atoms with Gasteiger partial charge in [-0.15, -0.1) is 0 Å². The molecule has 1 aromatic heterocycles. The van der Waals surface area contributed by atoms with Gasteiger partial charge in [-0.25, -0.2) is 13.1 Å². The Balaban J connectivity index is 1.50. The highest BCUT2D eigenvalue weighted by Gasteiger charge is 2.39. The van der Waals surface area contributed by atoms with Gasteiger partial charge in [0, 0.05) is 24.3 Å². The number of aromatic nitrogens is 2. The van der Waals surface area contributed by atoms with E-state index in [0.29, 0.717) is 25.9 Å². The average molecular weight is 453 g/mol. The highest BCUT2D eigenvalue weighted by molar-refractivity contribution is 7.89. The van der Waals surface area contributed by atoms with Crippen molar-refractivity contribution >= 4 is 15.9 Å². The molecule has 1 atom stereocenters. The summed E-state index contributed by atoms with van der Waals surface area (Å²) in [4.78, 5) is 13.2. The highest BCUT2D eigenvalue weighted by atomic mass is 32.2. The van der Waals surface area contributed by atoms with Crippen molar-refractivity contribution in [3.8, 4) is 5.69 Å². The number of rotatable bonds is 6. The first-order valence-electron chi connectivity index (χ1n) is 10.8. The molecule has 0 aliphatic carbocycles. The third-order valence-electron chi connectivity index (χ3n) is 6.02. The zero-order valence-corrected chi connectivity index (χ0v) is 19.4. The van der Waals surface area contributed by atoms with E-state index in [1.807, 2.05) is 55.8 Å². The summed E-state index contributed by atoms with van der Waals surface area (Å²) < 4.78 is 29.5. The van der Waals surface area contributed by atoms with E-state index in [-0.39, 0.29) is 10.8 Å². The second-order valence-corrected chi connectivity index (χ2v) is 10.1. The predicted octanol–water partition coefficient (Wildman–Crippen LogP) is 3.27. The lowest BCUT2D eigenvalue weighted by molar-refractivity contribution is -0.124. The lowest BCUT2D eigenvalue weighted by Gasteiger charge is -2.23. The molecule has 1 aliphatic rings. The number of para-hydroxylation sites is 1. The number of nitrogens with one attached hydrogen (secondary N) is 1. The van der Waals surface area contributed by atoms with E-state index in [1.165, 1.54) is 4.31 Å². The summed E-state index contributed by atoms with van der Waals surface area (Å²) >= 11 is 0. The van der Waals surface area contributed by atoms with Crippen molar-refractivity contribution in [3.05, 3.63) is 77.1 Å². The molecule has 1 saturated heterocycles. The molecular weight excluding hydrogens is 424 g/mol. The van der Waals surface area contributed by atoms with Crippen LogP contribution in [0.2, 0.25) is 0 Å². The standard InChI is InChI=1S/C24H28N4O3S/c1-17-11-13-21(14-12-17)32(30,31)27-15-7-10-23(27)24(29)25-16-22-18(2)26-28(19(22)3)20-8-5-4-6-9-20/h4-6,8-9,11-14,23H,7,10,15-16H2,1-3H3,(H,25,29)/t23-/m1/s1. The lowest BCUT2D eigenvalue weighted by atomic mass is 10.1. The maximum atomic E-state index is 13.1. The molecule has 7 nitrogen and oxygen atoms in total. The van der Waals surface area contributed by atoms with Gasteiger partial charge in [0.25, 0.3) is 0 Å². The molecule has 2 heterocycles. The van der Waals surface area contributed by atoms with Gasteiger partial charge in [0.05, 0.1) is 16.3 Å². The van der Waals surface area contributed by atoms with Crippen molar-refractivity contribution in [2.24, 2.45) is 0 Å². The fraction of sp³-hybridized carbons (Fsp3) is 0.333. The van der Waals surface area contributed by atoms with E-state index in [4.69, 9.17) is 0 Å². The molecule has 1 aliphatic heterocycles. The van der Waals surface area contributed by atoms with Crippen LogP contribution >= 0.6 is 0 Å². The minimum absolute atomic E-state index is 0.221. The van der Waals surface area contributed by atoms with Crippen LogP contribution < -0.4 is 5.32 Å². The van der Waals surface area contributed by atoms with Gasteiger partial charge in [0.1, 0.15) is 6.04 Å². The molecule has 168 valence electrons. The molecule has 2 aromatic carbocycles. The summed E-state index contributed by atoms with van der Waals surface area (Å²) in [6, 6.07) is 15.9.